The smallest absolute Gasteiger partial charge is 0.0492 e. The van der Waals surface area contributed by atoms with E-state index in [4.69, 9.17) is 5.73 Å². The van der Waals surface area contributed by atoms with E-state index in [2.05, 4.69) is 29.7 Å². The highest BCUT2D eigenvalue weighted by Gasteiger charge is 2.40. The van der Waals surface area contributed by atoms with Crippen molar-refractivity contribution in [1.82, 2.24) is 9.78 Å². The van der Waals surface area contributed by atoms with Crippen molar-refractivity contribution in [3.63, 3.8) is 0 Å². The van der Waals surface area contributed by atoms with E-state index in [-0.39, 0.29) is 0 Å². The maximum absolute atomic E-state index is 5.75. The summed E-state index contributed by atoms with van der Waals surface area (Å²) in [5.41, 5.74) is 7.51. The maximum atomic E-state index is 5.75. The summed E-state index contributed by atoms with van der Waals surface area (Å²) in [5, 5.41) is 4.46. The van der Waals surface area contributed by atoms with Gasteiger partial charge in [-0.25, -0.2) is 0 Å². The molecule has 1 aliphatic rings. The molecule has 90 valence electrons. The van der Waals surface area contributed by atoms with Gasteiger partial charge in [-0.1, -0.05) is 20.3 Å². The fraction of sp³-hybridized carbons (Fsp3) is 0.769. The third kappa shape index (κ3) is 2.01. The number of hydrogen-bond donors (Lipinski definition) is 1. The predicted molar refractivity (Wildman–Crippen MR) is 66.3 cm³/mol. The normalized spacial score (nSPS) is 18.8. The second kappa shape index (κ2) is 4.58. The molecule has 0 spiro atoms. The molecule has 2 rings (SSSR count). The largest absolute Gasteiger partial charge is 0.330 e. The van der Waals surface area contributed by atoms with Crippen LogP contribution in [-0.2, 0) is 12.0 Å². The third-order valence-corrected chi connectivity index (χ3v) is 3.73. The lowest BCUT2D eigenvalue weighted by Crippen LogP contribution is -2.38. The monoisotopic (exact) mass is 221 g/mol. The van der Waals surface area contributed by atoms with Gasteiger partial charge in [-0.2, -0.15) is 5.10 Å². The van der Waals surface area contributed by atoms with Gasteiger partial charge >= 0.3 is 0 Å². The van der Waals surface area contributed by atoms with E-state index in [9.17, 15) is 0 Å². The number of nitrogens with two attached hydrogens (primary N) is 1. The first-order chi connectivity index (χ1) is 7.68. The summed E-state index contributed by atoms with van der Waals surface area (Å²) in [6.07, 6.45) is 6.96. The summed E-state index contributed by atoms with van der Waals surface area (Å²) in [7, 11) is 0. The van der Waals surface area contributed by atoms with E-state index in [1.54, 1.807) is 0 Å². The van der Waals surface area contributed by atoms with Gasteiger partial charge < -0.3 is 5.73 Å². The van der Waals surface area contributed by atoms with Crippen LogP contribution in [0.4, 0.5) is 0 Å². The van der Waals surface area contributed by atoms with Gasteiger partial charge in [-0.3, -0.25) is 4.68 Å². The number of aromatic nitrogens is 2. The first kappa shape index (κ1) is 11.6. The van der Waals surface area contributed by atoms with E-state index in [0.29, 0.717) is 11.3 Å². The molecule has 0 aromatic carbocycles. The Kier molecular flexibility index (Phi) is 3.33. The fourth-order valence-corrected chi connectivity index (χ4v) is 2.79. The van der Waals surface area contributed by atoms with Crippen molar-refractivity contribution in [3.05, 3.63) is 18.0 Å². The van der Waals surface area contributed by atoms with Crippen molar-refractivity contribution < 1.29 is 0 Å². The van der Waals surface area contributed by atoms with Crippen LogP contribution in [0, 0.1) is 5.92 Å². The minimum absolute atomic E-state index is 0.347. The molecule has 3 heteroatoms. The van der Waals surface area contributed by atoms with Gasteiger partial charge in [0.05, 0.1) is 0 Å². The van der Waals surface area contributed by atoms with Gasteiger partial charge in [0.2, 0.25) is 0 Å². The van der Waals surface area contributed by atoms with Crippen LogP contribution in [0.2, 0.25) is 0 Å². The van der Waals surface area contributed by atoms with Crippen LogP contribution in [0.3, 0.4) is 0 Å². The average molecular weight is 221 g/mol. The molecule has 1 aromatic heterocycles. The zero-order chi connectivity index (χ0) is 11.6. The molecule has 0 radical (unpaired) electrons. The molecule has 2 N–H and O–H groups in total. The molecule has 1 aliphatic carbocycles. The van der Waals surface area contributed by atoms with E-state index < -0.39 is 0 Å². The summed E-state index contributed by atoms with van der Waals surface area (Å²) >= 11 is 0. The minimum Gasteiger partial charge on any atom is -0.330 e. The highest BCUT2D eigenvalue weighted by molar-refractivity contribution is 5.20. The lowest BCUT2D eigenvalue weighted by atomic mass is 9.64. The van der Waals surface area contributed by atoms with Gasteiger partial charge in [0.15, 0.2) is 0 Å². The van der Waals surface area contributed by atoms with Crippen molar-refractivity contribution in [2.45, 2.75) is 51.5 Å². The Bertz CT molecular complexity index is 337. The van der Waals surface area contributed by atoms with Crippen molar-refractivity contribution in [1.29, 1.82) is 0 Å². The molecule has 0 unspecified atom stereocenters. The Labute approximate surface area is 98.0 Å². The number of nitrogens with zero attached hydrogens (tertiary/aromatic N) is 2. The number of hydrogen-bond acceptors (Lipinski definition) is 2. The molecular weight excluding hydrogens is 198 g/mol. The standard InChI is InChI=1S/C13H23N3/c1-11(2)10-16-12(4-9-15-16)13(7-8-14)5-3-6-13/h4,9,11H,3,5-8,10,14H2,1-2H3. The van der Waals surface area contributed by atoms with Gasteiger partial charge in [0.1, 0.15) is 0 Å². The summed E-state index contributed by atoms with van der Waals surface area (Å²) < 4.78 is 2.19. The van der Waals surface area contributed by atoms with Gasteiger partial charge in [0, 0.05) is 23.9 Å². The minimum atomic E-state index is 0.347. The van der Waals surface area contributed by atoms with Crippen LogP contribution in [0.5, 0.6) is 0 Å². The van der Waals surface area contributed by atoms with Gasteiger partial charge in [-0.05, 0) is 37.8 Å². The molecule has 1 saturated carbocycles. The maximum Gasteiger partial charge on any atom is 0.0492 e. The molecule has 16 heavy (non-hydrogen) atoms. The first-order valence-corrected chi connectivity index (χ1v) is 6.40. The molecule has 0 bridgehead atoms. The second-order valence-electron chi connectivity index (χ2n) is 5.46. The lowest BCUT2D eigenvalue weighted by Gasteiger charge is -2.42. The predicted octanol–water partition coefficient (Wildman–Crippen LogP) is 2.31. The van der Waals surface area contributed by atoms with Crippen LogP contribution >= 0.6 is 0 Å². The zero-order valence-corrected chi connectivity index (χ0v) is 10.4. The average Bonchev–Trinajstić information content (AvgIpc) is 2.59. The van der Waals surface area contributed by atoms with Crippen LogP contribution < -0.4 is 5.73 Å². The third-order valence-electron chi connectivity index (χ3n) is 3.73. The molecule has 0 aliphatic heterocycles. The summed E-state index contributed by atoms with van der Waals surface area (Å²) in [6.45, 7) is 6.28. The molecule has 0 atom stereocenters. The van der Waals surface area contributed by atoms with Gasteiger partial charge in [-0.15, -0.1) is 0 Å². The van der Waals surface area contributed by atoms with E-state index >= 15 is 0 Å². The van der Waals surface area contributed by atoms with Crippen LogP contribution in [0.1, 0.15) is 45.2 Å². The molecular formula is C13H23N3. The Hall–Kier alpha value is -0.830. The molecule has 1 aromatic rings. The number of rotatable bonds is 5. The van der Waals surface area contributed by atoms with Crippen molar-refractivity contribution in [2.24, 2.45) is 11.7 Å². The zero-order valence-electron chi connectivity index (χ0n) is 10.4. The van der Waals surface area contributed by atoms with Crippen LogP contribution in [-0.4, -0.2) is 16.3 Å². The summed E-state index contributed by atoms with van der Waals surface area (Å²) in [4.78, 5) is 0. The Balaban J connectivity index is 2.21. The molecule has 0 amide bonds. The summed E-state index contributed by atoms with van der Waals surface area (Å²) in [6, 6.07) is 2.19. The van der Waals surface area contributed by atoms with Crippen LogP contribution in [0.25, 0.3) is 0 Å². The molecule has 1 fully saturated rings. The lowest BCUT2D eigenvalue weighted by molar-refractivity contribution is 0.209. The van der Waals surface area contributed by atoms with Crippen molar-refractivity contribution in [3.8, 4) is 0 Å². The topological polar surface area (TPSA) is 43.8 Å². The van der Waals surface area contributed by atoms with Crippen molar-refractivity contribution in [2.75, 3.05) is 6.54 Å². The van der Waals surface area contributed by atoms with E-state index in [1.807, 2.05) is 6.20 Å². The van der Waals surface area contributed by atoms with Crippen LogP contribution in [0.15, 0.2) is 12.3 Å². The molecule has 1 heterocycles. The Morgan fingerprint density at radius 1 is 1.50 bits per heavy atom. The Morgan fingerprint density at radius 3 is 2.75 bits per heavy atom. The fourth-order valence-electron chi connectivity index (χ4n) is 2.79. The first-order valence-electron chi connectivity index (χ1n) is 6.40. The molecule has 0 saturated heterocycles. The van der Waals surface area contributed by atoms with E-state index in [1.165, 1.54) is 25.0 Å². The Morgan fingerprint density at radius 2 is 2.25 bits per heavy atom. The highest BCUT2D eigenvalue weighted by Crippen LogP contribution is 2.46. The highest BCUT2D eigenvalue weighted by atomic mass is 15.3. The second-order valence-corrected chi connectivity index (χ2v) is 5.46. The SMILES string of the molecule is CC(C)Cn1nccc1C1(CCN)CCC1. The quantitative estimate of drug-likeness (QED) is 0.829. The van der Waals surface area contributed by atoms with Crippen molar-refractivity contribution >= 4 is 0 Å². The van der Waals surface area contributed by atoms with E-state index in [0.717, 1.165) is 19.5 Å². The molecule has 3 nitrogen and oxygen atoms in total. The summed E-state index contributed by atoms with van der Waals surface area (Å²) in [5.74, 6) is 0.647. The van der Waals surface area contributed by atoms with Gasteiger partial charge in [0.25, 0.3) is 0 Å².